The molecule has 1 aromatic carbocycles. The standard InChI is InChI=1S/C17H24FNO2/c1-3-11-21-16-5-4-10-19(12-16)13(2)17(20)14-6-8-15(18)9-7-14/h6-9,13,16H,3-5,10-12H2,1-2H3. The topological polar surface area (TPSA) is 29.5 Å². The molecule has 1 aromatic rings. The summed E-state index contributed by atoms with van der Waals surface area (Å²) in [5, 5.41) is 0. The van der Waals surface area contributed by atoms with Gasteiger partial charge in [0.2, 0.25) is 0 Å². The molecule has 2 atom stereocenters. The number of carbonyl (C=O) groups is 1. The second-order valence-corrected chi connectivity index (χ2v) is 5.68. The van der Waals surface area contributed by atoms with Gasteiger partial charge in [-0.05, 0) is 57.0 Å². The number of hydrogen-bond donors (Lipinski definition) is 0. The lowest BCUT2D eigenvalue weighted by Crippen LogP contribution is -2.47. The van der Waals surface area contributed by atoms with Crippen LogP contribution in [-0.4, -0.2) is 42.5 Å². The molecule has 0 amide bonds. The third-order valence-electron chi connectivity index (χ3n) is 4.02. The molecule has 0 spiro atoms. The van der Waals surface area contributed by atoms with Crippen LogP contribution in [-0.2, 0) is 4.74 Å². The maximum Gasteiger partial charge on any atom is 0.179 e. The minimum absolute atomic E-state index is 0.0474. The van der Waals surface area contributed by atoms with Crippen molar-refractivity contribution in [3.63, 3.8) is 0 Å². The maximum absolute atomic E-state index is 12.9. The number of rotatable bonds is 6. The molecule has 4 heteroatoms. The van der Waals surface area contributed by atoms with Gasteiger partial charge in [0, 0.05) is 18.7 Å². The Morgan fingerprint density at radius 2 is 2.14 bits per heavy atom. The first-order valence-electron chi connectivity index (χ1n) is 7.77. The van der Waals surface area contributed by atoms with Crippen LogP contribution in [0.25, 0.3) is 0 Å². The van der Waals surface area contributed by atoms with Crippen LogP contribution in [0.15, 0.2) is 24.3 Å². The van der Waals surface area contributed by atoms with E-state index in [2.05, 4.69) is 11.8 Å². The third kappa shape index (κ3) is 4.35. The highest BCUT2D eigenvalue weighted by Crippen LogP contribution is 2.18. The third-order valence-corrected chi connectivity index (χ3v) is 4.02. The normalized spacial score (nSPS) is 21.2. The van der Waals surface area contributed by atoms with Gasteiger partial charge in [-0.3, -0.25) is 9.69 Å². The van der Waals surface area contributed by atoms with E-state index >= 15 is 0 Å². The number of ether oxygens (including phenoxy) is 1. The molecule has 0 N–H and O–H groups in total. The molecule has 21 heavy (non-hydrogen) atoms. The van der Waals surface area contributed by atoms with Gasteiger partial charge in [-0.25, -0.2) is 4.39 Å². The number of ketones is 1. The highest BCUT2D eigenvalue weighted by molar-refractivity contribution is 5.99. The zero-order chi connectivity index (χ0) is 15.2. The van der Waals surface area contributed by atoms with Gasteiger partial charge < -0.3 is 4.74 Å². The number of nitrogens with zero attached hydrogens (tertiary/aromatic N) is 1. The Kier molecular flexibility index (Phi) is 5.88. The highest BCUT2D eigenvalue weighted by atomic mass is 19.1. The van der Waals surface area contributed by atoms with Crippen molar-refractivity contribution in [2.75, 3.05) is 19.7 Å². The Balaban J connectivity index is 1.96. The van der Waals surface area contributed by atoms with E-state index in [0.717, 1.165) is 39.0 Å². The smallest absolute Gasteiger partial charge is 0.179 e. The number of piperidine rings is 1. The molecular formula is C17H24FNO2. The first-order chi connectivity index (χ1) is 10.1. The fraction of sp³-hybridized carbons (Fsp3) is 0.588. The monoisotopic (exact) mass is 293 g/mol. The van der Waals surface area contributed by atoms with Crippen LogP contribution in [0, 0.1) is 5.82 Å². The Hall–Kier alpha value is -1.26. The number of carbonyl (C=O) groups excluding carboxylic acids is 1. The average Bonchev–Trinajstić information content (AvgIpc) is 2.52. The second-order valence-electron chi connectivity index (χ2n) is 5.68. The molecule has 1 aliphatic heterocycles. The Labute approximate surface area is 126 Å². The second kappa shape index (κ2) is 7.66. The Morgan fingerprint density at radius 1 is 1.43 bits per heavy atom. The molecule has 3 nitrogen and oxygen atoms in total. The molecule has 1 saturated heterocycles. The van der Waals surface area contributed by atoms with Crippen molar-refractivity contribution >= 4 is 5.78 Å². The maximum atomic E-state index is 12.9. The molecule has 1 aliphatic rings. The van der Waals surface area contributed by atoms with Gasteiger partial charge in [-0.15, -0.1) is 0 Å². The lowest BCUT2D eigenvalue weighted by molar-refractivity contribution is -0.00811. The quantitative estimate of drug-likeness (QED) is 0.754. The van der Waals surface area contributed by atoms with Crippen LogP contribution in [0.5, 0.6) is 0 Å². The summed E-state index contributed by atoms with van der Waals surface area (Å²) in [4.78, 5) is 14.6. The van der Waals surface area contributed by atoms with E-state index in [9.17, 15) is 9.18 Å². The zero-order valence-electron chi connectivity index (χ0n) is 12.8. The van der Waals surface area contributed by atoms with Crippen molar-refractivity contribution in [3.8, 4) is 0 Å². The summed E-state index contributed by atoms with van der Waals surface area (Å²) in [5.41, 5.74) is 0.570. The molecule has 0 aromatic heterocycles. The van der Waals surface area contributed by atoms with Crippen LogP contribution in [0.3, 0.4) is 0 Å². The van der Waals surface area contributed by atoms with Crippen LogP contribution in [0.1, 0.15) is 43.5 Å². The first-order valence-corrected chi connectivity index (χ1v) is 7.77. The minimum Gasteiger partial charge on any atom is -0.377 e. The van der Waals surface area contributed by atoms with Crippen LogP contribution >= 0.6 is 0 Å². The molecule has 0 bridgehead atoms. The van der Waals surface area contributed by atoms with E-state index in [-0.39, 0.29) is 23.7 Å². The summed E-state index contributed by atoms with van der Waals surface area (Å²) in [5.74, 6) is -0.267. The zero-order valence-corrected chi connectivity index (χ0v) is 12.8. The largest absolute Gasteiger partial charge is 0.377 e. The van der Waals surface area contributed by atoms with Crippen molar-refractivity contribution < 1.29 is 13.9 Å². The van der Waals surface area contributed by atoms with Gasteiger partial charge in [0.1, 0.15) is 5.82 Å². The van der Waals surface area contributed by atoms with E-state index in [1.807, 2.05) is 6.92 Å². The molecule has 0 radical (unpaired) electrons. The van der Waals surface area contributed by atoms with Gasteiger partial charge in [0.25, 0.3) is 0 Å². The molecule has 0 aliphatic carbocycles. The molecule has 1 heterocycles. The van der Waals surface area contributed by atoms with Gasteiger partial charge in [-0.1, -0.05) is 6.92 Å². The van der Waals surface area contributed by atoms with E-state index in [1.165, 1.54) is 12.1 Å². The molecule has 2 unspecified atom stereocenters. The molecule has 2 rings (SSSR count). The van der Waals surface area contributed by atoms with E-state index in [0.29, 0.717) is 5.56 Å². The summed E-state index contributed by atoms with van der Waals surface area (Å²) >= 11 is 0. The van der Waals surface area contributed by atoms with Crippen molar-refractivity contribution in [2.24, 2.45) is 0 Å². The number of Topliss-reactive ketones (excluding diaryl/α,β-unsaturated/α-hetero) is 1. The molecule has 116 valence electrons. The fourth-order valence-electron chi connectivity index (χ4n) is 2.76. The summed E-state index contributed by atoms with van der Waals surface area (Å²) in [6.07, 6.45) is 3.35. The minimum atomic E-state index is -0.315. The lowest BCUT2D eigenvalue weighted by atomic mass is 10.0. The van der Waals surface area contributed by atoms with E-state index in [1.54, 1.807) is 12.1 Å². The van der Waals surface area contributed by atoms with Crippen LogP contribution in [0.4, 0.5) is 4.39 Å². The Morgan fingerprint density at radius 3 is 2.81 bits per heavy atom. The SMILES string of the molecule is CCCOC1CCCN(C(C)C(=O)c2ccc(F)cc2)C1. The van der Waals surface area contributed by atoms with Crippen molar-refractivity contribution in [1.29, 1.82) is 0 Å². The van der Waals surface area contributed by atoms with Gasteiger partial charge in [0.05, 0.1) is 12.1 Å². The fourth-order valence-corrected chi connectivity index (χ4v) is 2.76. The van der Waals surface area contributed by atoms with Crippen molar-refractivity contribution in [2.45, 2.75) is 45.3 Å². The lowest BCUT2D eigenvalue weighted by Gasteiger charge is -2.36. The van der Waals surface area contributed by atoms with Gasteiger partial charge in [0.15, 0.2) is 5.78 Å². The van der Waals surface area contributed by atoms with Gasteiger partial charge >= 0.3 is 0 Å². The predicted octanol–water partition coefficient (Wildman–Crippen LogP) is 3.29. The molecule has 0 saturated carbocycles. The van der Waals surface area contributed by atoms with Gasteiger partial charge in [-0.2, -0.15) is 0 Å². The number of halogens is 1. The molecular weight excluding hydrogens is 269 g/mol. The van der Waals surface area contributed by atoms with Crippen LogP contribution < -0.4 is 0 Å². The summed E-state index contributed by atoms with van der Waals surface area (Å²) in [6, 6.07) is 5.60. The number of benzene rings is 1. The number of hydrogen-bond acceptors (Lipinski definition) is 3. The van der Waals surface area contributed by atoms with Crippen molar-refractivity contribution in [3.05, 3.63) is 35.6 Å². The summed E-state index contributed by atoms with van der Waals surface area (Å²) in [7, 11) is 0. The van der Waals surface area contributed by atoms with E-state index in [4.69, 9.17) is 4.74 Å². The summed E-state index contributed by atoms with van der Waals surface area (Å²) in [6.45, 7) is 6.52. The van der Waals surface area contributed by atoms with Crippen LogP contribution in [0.2, 0.25) is 0 Å². The average molecular weight is 293 g/mol. The predicted molar refractivity (Wildman–Crippen MR) is 81.0 cm³/mol. The number of likely N-dealkylation sites (tertiary alicyclic amines) is 1. The first kappa shape index (κ1) is 16.1. The summed E-state index contributed by atoms with van der Waals surface area (Å²) < 4.78 is 18.7. The highest BCUT2D eigenvalue weighted by Gasteiger charge is 2.28. The molecule has 1 fully saturated rings. The van der Waals surface area contributed by atoms with Crippen molar-refractivity contribution in [1.82, 2.24) is 4.90 Å². The Bertz CT molecular complexity index is 460. The van der Waals surface area contributed by atoms with E-state index < -0.39 is 0 Å².